The number of nitrogens with zero attached hydrogens (tertiary/aromatic N) is 1. The van der Waals surface area contributed by atoms with Gasteiger partial charge in [0.15, 0.2) is 0 Å². The lowest BCUT2D eigenvalue weighted by molar-refractivity contribution is -0.223. The Hall–Kier alpha value is -1.43. The van der Waals surface area contributed by atoms with Crippen LogP contribution in [-0.2, 0) is 20.1 Å². The zero-order chi connectivity index (χ0) is 14.8. The highest BCUT2D eigenvalue weighted by atomic mass is 79.9. The van der Waals surface area contributed by atoms with Crippen molar-refractivity contribution in [3.8, 4) is 0 Å². The van der Waals surface area contributed by atoms with Crippen molar-refractivity contribution in [3.05, 3.63) is 53.5 Å². The van der Waals surface area contributed by atoms with E-state index in [0.29, 0.717) is 5.56 Å². The third kappa shape index (κ3) is 2.32. The van der Waals surface area contributed by atoms with E-state index in [2.05, 4.69) is 29.1 Å². The zero-order valence-electron chi connectivity index (χ0n) is 11.3. The lowest BCUT2D eigenvalue weighted by Crippen LogP contribution is -2.43. The minimum Gasteiger partial charge on any atom is -0.334 e. The van der Waals surface area contributed by atoms with Gasteiger partial charge in [-0.05, 0) is 18.2 Å². The Kier molecular flexibility index (Phi) is 4.42. The second-order valence-corrected chi connectivity index (χ2v) is 5.26. The second kappa shape index (κ2) is 5.91. The Morgan fingerprint density at radius 2 is 1.90 bits per heavy atom. The number of rotatable bonds is 6. The fraction of sp³-hybridized carbons (Fsp3) is 0.267. The molecule has 1 aromatic rings. The van der Waals surface area contributed by atoms with Crippen molar-refractivity contribution in [2.24, 2.45) is 0 Å². The molecule has 1 aliphatic heterocycles. The molecule has 0 aromatic heterocycles. The molecular formula is C15H16BrNO3. The molecule has 0 N–H and O–H groups in total. The van der Waals surface area contributed by atoms with E-state index in [1.807, 2.05) is 18.2 Å². The van der Waals surface area contributed by atoms with Crippen LogP contribution in [0.25, 0.3) is 0 Å². The fourth-order valence-electron chi connectivity index (χ4n) is 2.18. The number of anilines is 1. The molecule has 1 amide bonds. The van der Waals surface area contributed by atoms with E-state index >= 15 is 0 Å². The molecule has 20 heavy (non-hydrogen) atoms. The molecule has 0 saturated heterocycles. The normalized spacial score (nSPS) is 16.1. The molecule has 0 aliphatic carbocycles. The summed E-state index contributed by atoms with van der Waals surface area (Å²) in [6, 6.07) is 5.57. The summed E-state index contributed by atoms with van der Waals surface area (Å²) < 4.78 is 12.3. The van der Waals surface area contributed by atoms with Gasteiger partial charge in [-0.15, -0.1) is 13.2 Å². The van der Waals surface area contributed by atoms with E-state index in [1.165, 1.54) is 4.90 Å². The molecular weight excluding hydrogens is 322 g/mol. The average Bonchev–Trinajstić information content (AvgIpc) is 2.65. The first-order chi connectivity index (χ1) is 9.56. The topological polar surface area (TPSA) is 38.8 Å². The Bertz CT molecular complexity index is 544. The minimum absolute atomic E-state index is 0.211. The van der Waals surface area contributed by atoms with Crippen molar-refractivity contribution in [2.45, 2.75) is 5.79 Å². The van der Waals surface area contributed by atoms with Crippen molar-refractivity contribution in [1.82, 2.24) is 0 Å². The van der Waals surface area contributed by atoms with E-state index in [4.69, 9.17) is 9.47 Å². The van der Waals surface area contributed by atoms with Gasteiger partial charge in [-0.1, -0.05) is 28.1 Å². The van der Waals surface area contributed by atoms with Crippen LogP contribution in [-0.4, -0.2) is 26.2 Å². The first kappa shape index (κ1) is 15.0. The molecule has 0 atom stereocenters. The fourth-order valence-corrected chi connectivity index (χ4v) is 2.54. The number of benzene rings is 1. The summed E-state index contributed by atoms with van der Waals surface area (Å²) in [4.78, 5) is 14.1. The van der Waals surface area contributed by atoms with Gasteiger partial charge in [0.05, 0.1) is 18.9 Å². The maximum Gasteiger partial charge on any atom is 0.292 e. The summed E-state index contributed by atoms with van der Waals surface area (Å²) in [6.45, 7) is 7.65. The van der Waals surface area contributed by atoms with Crippen LogP contribution in [0.1, 0.15) is 5.56 Å². The molecule has 1 heterocycles. The molecule has 0 radical (unpaired) electrons. The van der Waals surface area contributed by atoms with E-state index in [1.54, 1.807) is 19.2 Å². The van der Waals surface area contributed by atoms with Gasteiger partial charge in [0.1, 0.15) is 0 Å². The van der Waals surface area contributed by atoms with Crippen molar-refractivity contribution >= 4 is 27.5 Å². The van der Waals surface area contributed by atoms with Crippen LogP contribution >= 0.6 is 15.9 Å². The predicted octanol–water partition coefficient (Wildman–Crippen LogP) is 2.98. The van der Waals surface area contributed by atoms with E-state index < -0.39 is 5.79 Å². The highest BCUT2D eigenvalue weighted by Gasteiger charge is 2.52. The molecule has 4 nitrogen and oxygen atoms in total. The van der Waals surface area contributed by atoms with E-state index in [0.717, 1.165) is 10.2 Å². The number of hydrogen-bond donors (Lipinski definition) is 0. The summed E-state index contributed by atoms with van der Waals surface area (Å²) in [5.41, 5.74) is 1.45. The highest BCUT2D eigenvalue weighted by molar-refractivity contribution is 9.10. The summed E-state index contributed by atoms with van der Waals surface area (Å²) in [5, 5.41) is 0. The van der Waals surface area contributed by atoms with Gasteiger partial charge in [0.2, 0.25) is 0 Å². The molecule has 2 rings (SSSR count). The van der Waals surface area contributed by atoms with E-state index in [-0.39, 0.29) is 19.1 Å². The average molecular weight is 338 g/mol. The van der Waals surface area contributed by atoms with Crippen LogP contribution < -0.4 is 4.90 Å². The molecule has 0 bridgehead atoms. The quantitative estimate of drug-likeness (QED) is 0.591. The molecule has 5 heteroatoms. The molecule has 0 fully saturated rings. The van der Waals surface area contributed by atoms with Gasteiger partial charge in [-0.3, -0.25) is 4.79 Å². The molecule has 0 unspecified atom stereocenters. The maximum absolute atomic E-state index is 12.6. The van der Waals surface area contributed by atoms with Gasteiger partial charge < -0.3 is 14.4 Å². The number of amides is 1. The molecule has 106 valence electrons. The Balaban J connectivity index is 2.54. The molecule has 1 aliphatic rings. The van der Waals surface area contributed by atoms with Gasteiger partial charge >= 0.3 is 0 Å². The Morgan fingerprint density at radius 1 is 1.30 bits per heavy atom. The second-order valence-electron chi connectivity index (χ2n) is 4.34. The number of carbonyl (C=O) groups is 1. The smallest absolute Gasteiger partial charge is 0.292 e. The lowest BCUT2D eigenvalue weighted by atomic mass is 10.1. The lowest BCUT2D eigenvalue weighted by Gasteiger charge is -2.27. The van der Waals surface area contributed by atoms with Gasteiger partial charge in [-0.2, -0.15) is 0 Å². The number of fused-ring (bicyclic) bond motifs is 1. The number of likely N-dealkylation sites (N-methyl/N-ethyl adjacent to an activating group) is 1. The molecule has 0 spiro atoms. The van der Waals surface area contributed by atoms with Gasteiger partial charge in [0.25, 0.3) is 11.7 Å². The van der Waals surface area contributed by atoms with Crippen LogP contribution in [0, 0.1) is 0 Å². The zero-order valence-corrected chi connectivity index (χ0v) is 12.9. The Labute approximate surface area is 126 Å². The monoisotopic (exact) mass is 337 g/mol. The van der Waals surface area contributed by atoms with Crippen LogP contribution in [0.3, 0.4) is 0 Å². The first-order valence-corrected chi connectivity index (χ1v) is 6.94. The minimum atomic E-state index is -1.43. The number of carbonyl (C=O) groups excluding carboxylic acids is 1. The summed E-state index contributed by atoms with van der Waals surface area (Å²) in [5.74, 6) is -1.69. The van der Waals surface area contributed by atoms with Crippen molar-refractivity contribution < 1.29 is 14.3 Å². The number of halogens is 1. The first-order valence-electron chi connectivity index (χ1n) is 6.14. The summed E-state index contributed by atoms with van der Waals surface area (Å²) in [7, 11) is 1.70. The Morgan fingerprint density at radius 3 is 2.45 bits per heavy atom. The van der Waals surface area contributed by atoms with Crippen molar-refractivity contribution in [3.63, 3.8) is 0 Å². The maximum atomic E-state index is 12.6. The predicted molar refractivity (Wildman–Crippen MR) is 81.5 cm³/mol. The largest absolute Gasteiger partial charge is 0.334 e. The highest BCUT2D eigenvalue weighted by Crippen LogP contribution is 2.44. The molecule has 1 aromatic carbocycles. The van der Waals surface area contributed by atoms with Crippen molar-refractivity contribution in [1.29, 1.82) is 0 Å². The standard InChI is InChI=1S/C15H16BrNO3/c1-4-8-19-15(20-9-5-2)12-10-11(16)6-7-13(12)17(3)14(15)18/h4-7,10H,1-2,8-9H2,3H3. The van der Waals surface area contributed by atoms with Crippen LogP contribution in [0.2, 0.25) is 0 Å². The summed E-state index contributed by atoms with van der Waals surface area (Å²) in [6.07, 6.45) is 3.17. The number of hydrogen-bond acceptors (Lipinski definition) is 3. The van der Waals surface area contributed by atoms with Crippen LogP contribution in [0.4, 0.5) is 5.69 Å². The van der Waals surface area contributed by atoms with Gasteiger partial charge in [-0.25, -0.2) is 0 Å². The van der Waals surface area contributed by atoms with E-state index in [9.17, 15) is 4.79 Å². The SMILES string of the molecule is C=CCOC1(OCC=C)C(=O)N(C)c2ccc(Br)cc21. The van der Waals surface area contributed by atoms with Crippen LogP contribution in [0.5, 0.6) is 0 Å². The van der Waals surface area contributed by atoms with Crippen LogP contribution in [0.15, 0.2) is 48.0 Å². The van der Waals surface area contributed by atoms with Crippen molar-refractivity contribution in [2.75, 3.05) is 25.2 Å². The third-order valence-electron chi connectivity index (χ3n) is 3.07. The number of ether oxygens (including phenoxy) is 2. The van der Waals surface area contributed by atoms with Gasteiger partial charge in [0, 0.05) is 17.1 Å². The third-order valence-corrected chi connectivity index (χ3v) is 3.56. The molecule has 0 saturated carbocycles. The summed E-state index contributed by atoms with van der Waals surface area (Å²) >= 11 is 3.41.